The number of hydrogen-bond donors (Lipinski definition) is 1. The van der Waals surface area contributed by atoms with Crippen LogP contribution in [0.5, 0.6) is 0 Å². The molecule has 0 aromatic carbocycles. The minimum atomic E-state index is -4.41. The van der Waals surface area contributed by atoms with Gasteiger partial charge in [-0.2, -0.15) is 18.3 Å². The van der Waals surface area contributed by atoms with Crippen molar-refractivity contribution in [2.75, 3.05) is 11.9 Å². The number of fused-ring (bicyclic) bond motifs is 1. The molecule has 0 bridgehead atoms. The van der Waals surface area contributed by atoms with Gasteiger partial charge in [0.15, 0.2) is 5.69 Å². The number of nitrogens with one attached hydrogen (secondary N) is 1. The summed E-state index contributed by atoms with van der Waals surface area (Å²) in [6.07, 6.45) is -1.63. The highest BCUT2D eigenvalue weighted by molar-refractivity contribution is 7.17. The molecule has 0 saturated carbocycles. The molecule has 9 heteroatoms. The second-order valence-corrected chi connectivity index (χ2v) is 5.57. The molecule has 3 heterocycles. The number of rotatable bonds is 4. The average Bonchev–Trinajstić information content (AvgIpc) is 3.07. The third kappa shape index (κ3) is 2.89. The quantitative estimate of drug-likeness (QED) is 0.798. The number of thiophene rings is 1. The van der Waals surface area contributed by atoms with Gasteiger partial charge in [0.1, 0.15) is 17.0 Å². The van der Waals surface area contributed by atoms with Crippen LogP contribution in [-0.4, -0.2) is 26.3 Å². The molecule has 0 amide bonds. The minimum Gasteiger partial charge on any atom is -0.368 e. The number of nitrogens with zero attached hydrogens (tertiary/aromatic N) is 4. The molecule has 0 radical (unpaired) electrons. The minimum absolute atomic E-state index is 0.310. The lowest BCUT2D eigenvalue weighted by Gasteiger charge is -2.07. The smallest absolute Gasteiger partial charge is 0.368 e. The molecular weight excluding hydrogens is 315 g/mol. The maximum atomic E-state index is 12.5. The van der Waals surface area contributed by atoms with Crippen LogP contribution < -0.4 is 5.32 Å². The molecule has 0 spiro atoms. The van der Waals surface area contributed by atoms with Crippen LogP contribution in [0.3, 0.4) is 0 Å². The molecule has 0 unspecified atom stereocenters. The summed E-state index contributed by atoms with van der Waals surface area (Å²) in [5.41, 5.74) is 0.187. The SMILES string of the molecule is Cc1csc2ncnc(NCCn3ccc(C(F)(F)F)n3)c12. The zero-order chi connectivity index (χ0) is 15.7. The summed E-state index contributed by atoms with van der Waals surface area (Å²) in [6, 6.07) is 0.964. The lowest BCUT2D eigenvalue weighted by Crippen LogP contribution is -2.13. The van der Waals surface area contributed by atoms with Crippen molar-refractivity contribution in [3.05, 3.63) is 35.2 Å². The van der Waals surface area contributed by atoms with Crippen molar-refractivity contribution in [1.82, 2.24) is 19.7 Å². The summed E-state index contributed by atoms with van der Waals surface area (Å²) in [5.74, 6) is 0.687. The van der Waals surface area contributed by atoms with E-state index in [0.717, 1.165) is 21.8 Å². The van der Waals surface area contributed by atoms with Gasteiger partial charge in [0.25, 0.3) is 0 Å². The van der Waals surface area contributed by atoms with E-state index in [0.29, 0.717) is 18.9 Å². The predicted molar refractivity (Wildman–Crippen MR) is 77.9 cm³/mol. The Morgan fingerprint density at radius 1 is 1.32 bits per heavy atom. The Morgan fingerprint density at radius 2 is 2.14 bits per heavy atom. The van der Waals surface area contributed by atoms with Gasteiger partial charge in [0.2, 0.25) is 0 Å². The normalized spacial score (nSPS) is 12.0. The topological polar surface area (TPSA) is 55.6 Å². The van der Waals surface area contributed by atoms with Crippen LogP contribution in [-0.2, 0) is 12.7 Å². The van der Waals surface area contributed by atoms with Crippen LogP contribution in [0.25, 0.3) is 10.2 Å². The third-order valence-electron chi connectivity index (χ3n) is 3.12. The lowest BCUT2D eigenvalue weighted by atomic mass is 10.2. The van der Waals surface area contributed by atoms with Crippen molar-refractivity contribution in [3.63, 3.8) is 0 Å². The van der Waals surface area contributed by atoms with Gasteiger partial charge >= 0.3 is 6.18 Å². The molecule has 0 atom stereocenters. The van der Waals surface area contributed by atoms with E-state index in [4.69, 9.17) is 0 Å². The van der Waals surface area contributed by atoms with Crippen molar-refractivity contribution in [2.45, 2.75) is 19.6 Å². The van der Waals surface area contributed by atoms with Gasteiger partial charge in [-0.15, -0.1) is 11.3 Å². The van der Waals surface area contributed by atoms with Crippen molar-refractivity contribution >= 4 is 27.4 Å². The van der Waals surface area contributed by atoms with Crippen LogP contribution in [0.2, 0.25) is 0 Å². The van der Waals surface area contributed by atoms with Gasteiger partial charge in [0, 0.05) is 12.7 Å². The molecule has 3 aromatic heterocycles. The molecule has 0 fully saturated rings. The molecule has 3 aromatic rings. The maximum Gasteiger partial charge on any atom is 0.435 e. The number of hydrogen-bond acceptors (Lipinski definition) is 5. The Bertz CT molecular complexity index is 792. The van der Waals surface area contributed by atoms with Gasteiger partial charge in [-0.05, 0) is 23.9 Å². The molecule has 3 rings (SSSR count). The highest BCUT2D eigenvalue weighted by Crippen LogP contribution is 2.28. The molecule has 0 saturated heterocycles. The molecule has 116 valence electrons. The third-order valence-corrected chi connectivity index (χ3v) is 4.12. The molecule has 0 aliphatic carbocycles. The van der Waals surface area contributed by atoms with E-state index in [9.17, 15) is 13.2 Å². The summed E-state index contributed by atoms with van der Waals surface area (Å²) in [5, 5.41) is 9.57. The summed E-state index contributed by atoms with van der Waals surface area (Å²) >= 11 is 1.53. The van der Waals surface area contributed by atoms with Crippen LogP contribution in [0, 0.1) is 6.92 Å². The molecule has 0 aliphatic rings. The second kappa shape index (κ2) is 5.56. The largest absolute Gasteiger partial charge is 0.435 e. The van der Waals surface area contributed by atoms with E-state index < -0.39 is 11.9 Å². The summed E-state index contributed by atoms with van der Waals surface area (Å²) in [7, 11) is 0. The number of aromatic nitrogens is 4. The second-order valence-electron chi connectivity index (χ2n) is 4.71. The highest BCUT2D eigenvalue weighted by Gasteiger charge is 2.33. The predicted octanol–water partition coefficient (Wildman–Crippen LogP) is 3.33. The van der Waals surface area contributed by atoms with E-state index in [2.05, 4.69) is 20.4 Å². The van der Waals surface area contributed by atoms with Gasteiger partial charge in [-0.3, -0.25) is 4.68 Å². The summed E-state index contributed by atoms with van der Waals surface area (Å²) in [4.78, 5) is 9.26. The average molecular weight is 327 g/mol. The number of aryl methyl sites for hydroxylation is 1. The number of alkyl halides is 3. The van der Waals surface area contributed by atoms with Gasteiger partial charge in [-0.25, -0.2) is 9.97 Å². The zero-order valence-electron chi connectivity index (χ0n) is 11.6. The van der Waals surface area contributed by atoms with Gasteiger partial charge in [-0.1, -0.05) is 0 Å². The van der Waals surface area contributed by atoms with Gasteiger partial charge in [0.05, 0.1) is 11.9 Å². The van der Waals surface area contributed by atoms with Crippen LogP contribution >= 0.6 is 11.3 Å². The standard InChI is InChI=1S/C13H12F3N5S/c1-8-6-22-12-10(8)11(18-7-19-12)17-3-5-21-4-2-9(20-21)13(14,15)16/h2,4,6-7H,3,5H2,1H3,(H,17,18,19). The van der Waals surface area contributed by atoms with Crippen molar-refractivity contribution in [2.24, 2.45) is 0 Å². The Morgan fingerprint density at radius 3 is 2.86 bits per heavy atom. The van der Waals surface area contributed by atoms with Gasteiger partial charge < -0.3 is 5.32 Å². The number of halogens is 3. The fraction of sp³-hybridized carbons (Fsp3) is 0.308. The Kier molecular flexibility index (Phi) is 3.73. The fourth-order valence-corrected chi connectivity index (χ4v) is 2.97. The molecule has 0 aliphatic heterocycles. The van der Waals surface area contributed by atoms with E-state index in [1.807, 2.05) is 12.3 Å². The first-order valence-electron chi connectivity index (χ1n) is 6.48. The lowest BCUT2D eigenvalue weighted by molar-refractivity contribution is -0.141. The zero-order valence-corrected chi connectivity index (χ0v) is 12.4. The van der Waals surface area contributed by atoms with Crippen LogP contribution in [0.1, 0.15) is 11.3 Å². The molecule has 1 N–H and O–H groups in total. The first-order valence-corrected chi connectivity index (χ1v) is 7.36. The van der Waals surface area contributed by atoms with Crippen molar-refractivity contribution in [1.29, 1.82) is 0 Å². The van der Waals surface area contributed by atoms with Crippen molar-refractivity contribution in [3.8, 4) is 0 Å². The Balaban J connectivity index is 1.68. The fourth-order valence-electron chi connectivity index (χ4n) is 2.08. The Hall–Kier alpha value is -2.16. The van der Waals surface area contributed by atoms with E-state index in [1.165, 1.54) is 28.5 Å². The maximum absolute atomic E-state index is 12.5. The van der Waals surface area contributed by atoms with E-state index >= 15 is 0 Å². The monoisotopic (exact) mass is 327 g/mol. The number of anilines is 1. The van der Waals surface area contributed by atoms with Crippen LogP contribution in [0.15, 0.2) is 24.0 Å². The first kappa shape index (κ1) is 14.8. The van der Waals surface area contributed by atoms with E-state index in [1.54, 1.807) is 0 Å². The highest BCUT2D eigenvalue weighted by atomic mass is 32.1. The Labute approximate surface area is 127 Å². The van der Waals surface area contributed by atoms with Crippen LogP contribution in [0.4, 0.5) is 19.0 Å². The molecule has 22 heavy (non-hydrogen) atoms. The first-order chi connectivity index (χ1) is 10.4. The van der Waals surface area contributed by atoms with Crippen molar-refractivity contribution < 1.29 is 13.2 Å². The summed E-state index contributed by atoms with van der Waals surface area (Å²) in [6.45, 7) is 2.70. The molecule has 5 nitrogen and oxygen atoms in total. The van der Waals surface area contributed by atoms with E-state index in [-0.39, 0.29) is 0 Å². The summed E-state index contributed by atoms with van der Waals surface area (Å²) < 4.78 is 38.7. The molecular formula is C13H12F3N5S.